The fraction of sp³-hybridized carbons (Fsp3) is 0.300. The number of carbonyl (C=O) groups is 3. The molecule has 3 heterocycles. The molecule has 11 heteroatoms. The van der Waals surface area contributed by atoms with Crippen molar-refractivity contribution in [3.63, 3.8) is 0 Å². The molecule has 0 fully saturated rings. The van der Waals surface area contributed by atoms with Gasteiger partial charge in [0.1, 0.15) is 10.8 Å². The second kappa shape index (κ2) is 13.2. The number of benzene rings is 2. The monoisotopic (exact) mass is 590 g/mol. The van der Waals surface area contributed by atoms with E-state index in [-0.39, 0.29) is 5.78 Å². The number of carbonyl (C=O) groups excluding carboxylic acids is 3. The smallest absolute Gasteiger partial charge is 0.324 e. The van der Waals surface area contributed by atoms with Gasteiger partial charge in [0.2, 0.25) is 0 Å². The van der Waals surface area contributed by atoms with E-state index in [1.165, 1.54) is 11.3 Å². The van der Waals surface area contributed by atoms with E-state index in [1.54, 1.807) is 36.7 Å². The van der Waals surface area contributed by atoms with Gasteiger partial charge in [-0.05, 0) is 73.7 Å². The number of unbranched alkanes of at least 4 members (excludes halogenated alkanes) is 1. The third kappa shape index (κ3) is 7.27. The molecule has 2 aromatic carbocycles. The lowest BCUT2D eigenvalue weighted by atomic mass is 10.0. The zero-order valence-corrected chi connectivity index (χ0v) is 24.1. The lowest BCUT2D eigenvalue weighted by molar-refractivity contribution is -0.119. The summed E-state index contributed by atoms with van der Waals surface area (Å²) >= 11 is 7.29. The predicted molar refractivity (Wildman–Crippen MR) is 163 cm³/mol. The number of halogens is 1. The summed E-state index contributed by atoms with van der Waals surface area (Å²) in [5, 5.41) is 6.57. The van der Waals surface area contributed by atoms with Crippen LogP contribution in [-0.2, 0) is 24.2 Å². The van der Waals surface area contributed by atoms with Crippen molar-refractivity contribution >= 4 is 62.4 Å². The highest BCUT2D eigenvalue weighted by atomic mass is 35.5. The van der Waals surface area contributed by atoms with E-state index in [9.17, 15) is 14.4 Å². The Hall–Kier alpha value is -3.86. The van der Waals surface area contributed by atoms with Crippen LogP contribution in [0.4, 0.5) is 15.5 Å². The first-order valence-electron chi connectivity index (χ1n) is 13.6. The second-order valence-electron chi connectivity index (χ2n) is 10.0. The average molecular weight is 591 g/mol. The van der Waals surface area contributed by atoms with Crippen molar-refractivity contribution in [3.8, 4) is 0 Å². The molecule has 1 aliphatic rings. The number of ketones is 1. The molecule has 212 valence electrons. The van der Waals surface area contributed by atoms with Gasteiger partial charge in [0.25, 0.3) is 5.91 Å². The van der Waals surface area contributed by atoms with Crippen LogP contribution in [-0.4, -0.2) is 45.7 Å². The van der Waals surface area contributed by atoms with Gasteiger partial charge in [0, 0.05) is 53.9 Å². The van der Waals surface area contributed by atoms with E-state index in [4.69, 9.17) is 17.3 Å². The number of thiophene rings is 1. The van der Waals surface area contributed by atoms with Crippen LogP contribution in [0, 0.1) is 0 Å². The lowest BCUT2D eigenvalue weighted by Crippen LogP contribution is -2.31. The van der Waals surface area contributed by atoms with Crippen molar-refractivity contribution in [2.75, 3.05) is 23.7 Å². The number of hydrogen-bond donors (Lipinski definition) is 3. The van der Waals surface area contributed by atoms with Crippen molar-refractivity contribution < 1.29 is 14.4 Å². The molecule has 0 unspecified atom stereocenters. The van der Waals surface area contributed by atoms with Crippen molar-refractivity contribution in [2.24, 2.45) is 5.73 Å². The molecule has 0 aliphatic carbocycles. The topological polar surface area (TPSA) is 130 Å². The molecule has 0 bridgehead atoms. The minimum absolute atomic E-state index is 0.253. The van der Waals surface area contributed by atoms with E-state index < -0.39 is 11.9 Å². The number of amides is 3. The highest BCUT2D eigenvalue weighted by molar-refractivity contribution is 7.17. The van der Waals surface area contributed by atoms with E-state index in [0.29, 0.717) is 53.5 Å². The molecule has 0 atom stereocenters. The number of nitrogens with zero attached hydrogens (tertiary/aromatic N) is 3. The van der Waals surface area contributed by atoms with E-state index >= 15 is 0 Å². The first-order chi connectivity index (χ1) is 19.9. The summed E-state index contributed by atoms with van der Waals surface area (Å²) in [4.78, 5) is 49.5. The van der Waals surface area contributed by atoms with E-state index in [2.05, 4.69) is 25.5 Å². The Labute approximate surface area is 247 Å². The molecule has 4 N–H and O–H groups in total. The van der Waals surface area contributed by atoms with Crippen LogP contribution >= 0.6 is 22.9 Å². The Morgan fingerprint density at radius 3 is 2.61 bits per heavy atom. The Balaban J connectivity index is 1.09. The number of hydrogen-bond acceptors (Lipinski definition) is 7. The van der Waals surface area contributed by atoms with Crippen molar-refractivity contribution in [3.05, 3.63) is 81.4 Å². The summed E-state index contributed by atoms with van der Waals surface area (Å²) in [5.74, 6) is -0.296. The van der Waals surface area contributed by atoms with Gasteiger partial charge in [-0.1, -0.05) is 23.7 Å². The number of anilines is 2. The summed E-state index contributed by atoms with van der Waals surface area (Å²) in [6, 6.07) is 12.2. The number of aromatic nitrogens is 2. The van der Waals surface area contributed by atoms with Gasteiger partial charge in [0.05, 0.1) is 16.6 Å². The van der Waals surface area contributed by atoms with Crippen molar-refractivity contribution in [1.29, 1.82) is 0 Å². The molecular formula is C30H31ClN6O3S. The van der Waals surface area contributed by atoms with Crippen molar-refractivity contribution in [1.82, 2.24) is 14.9 Å². The number of rotatable bonds is 11. The quantitative estimate of drug-likeness (QED) is 0.189. The minimum atomic E-state index is -0.549. The highest BCUT2D eigenvalue weighted by Crippen LogP contribution is 2.37. The molecule has 5 rings (SSSR count). The maximum absolute atomic E-state index is 12.6. The van der Waals surface area contributed by atoms with Gasteiger partial charge in [0.15, 0.2) is 0 Å². The average Bonchev–Trinajstić information content (AvgIpc) is 3.32. The number of nitrogens with two attached hydrogens (primary N) is 1. The summed E-state index contributed by atoms with van der Waals surface area (Å²) in [7, 11) is 0. The van der Waals surface area contributed by atoms with Crippen LogP contribution in [0.3, 0.4) is 0 Å². The van der Waals surface area contributed by atoms with Gasteiger partial charge >= 0.3 is 6.03 Å². The Morgan fingerprint density at radius 1 is 1.00 bits per heavy atom. The standard InChI is InChI=1S/C30H31ClN6O3S/c31-20-8-10-21(11-9-20)35-30(40)36-29-26(28(32)39)23-13-17-37(18-25(23)41-29)16-2-1-5-22(38)12-7-19-4-3-6-24-27(19)34-15-14-33-24/h3-4,6,8-11,14-15H,1-2,5,7,12-13,16-18H2,(H2,32,39)(H2,35,36,40). The number of fused-ring (bicyclic) bond motifs is 2. The van der Waals surface area contributed by atoms with Crippen LogP contribution < -0.4 is 16.4 Å². The lowest BCUT2D eigenvalue weighted by Gasteiger charge is -2.26. The van der Waals surface area contributed by atoms with Crippen LogP contribution in [0.5, 0.6) is 0 Å². The van der Waals surface area contributed by atoms with Crippen LogP contribution in [0.2, 0.25) is 5.02 Å². The molecule has 3 amide bonds. The van der Waals surface area contributed by atoms with Crippen LogP contribution in [0.1, 0.15) is 52.0 Å². The van der Waals surface area contributed by atoms with Gasteiger partial charge in [-0.25, -0.2) is 4.79 Å². The molecule has 4 aromatic rings. The third-order valence-electron chi connectivity index (χ3n) is 7.15. The van der Waals surface area contributed by atoms with Gasteiger partial charge in [-0.15, -0.1) is 11.3 Å². The summed E-state index contributed by atoms with van der Waals surface area (Å²) in [6.45, 7) is 2.32. The zero-order chi connectivity index (χ0) is 28.8. The molecular weight excluding hydrogens is 560 g/mol. The molecule has 0 saturated carbocycles. The number of Topliss-reactive ketones (excluding diaryl/α,β-unsaturated/α-hetero) is 1. The Kier molecular flexibility index (Phi) is 9.23. The zero-order valence-electron chi connectivity index (χ0n) is 22.5. The van der Waals surface area contributed by atoms with Gasteiger partial charge in [-0.2, -0.15) is 0 Å². The predicted octanol–water partition coefficient (Wildman–Crippen LogP) is 5.82. The molecule has 2 aromatic heterocycles. The van der Waals surface area contributed by atoms with Crippen LogP contribution in [0.15, 0.2) is 54.9 Å². The first-order valence-corrected chi connectivity index (χ1v) is 14.8. The highest BCUT2D eigenvalue weighted by Gasteiger charge is 2.27. The normalized spacial score (nSPS) is 13.1. The van der Waals surface area contributed by atoms with E-state index in [1.807, 2.05) is 18.2 Å². The Bertz CT molecular complexity index is 1570. The summed E-state index contributed by atoms with van der Waals surface area (Å²) in [6.07, 6.45) is 7.48. The number of urea groups is 1. The van der Waals surface area contributed by atoms with Crippen molar-refractivity contribution in [2.45, 2.75) is 45.1 Å². The van der Waals surface area contributed by atoms with E-state index in [0.717, 1.165) is 53.0 Å². The number of para-hydroxylation sites is 1. The molecule has 0 saturated heterocycles. The van der Waals surface area contributed by atoms with Gasteiger partial charge < -0.3 is 11.1 Å². The molecule has 1 aliphatic heterocycles. The maximum Gasteiger partial charge on any atom is 0.324 e. The van der Waals surface area contributed by atoms with Crippen LogP contribution in [0.25, 0.3) is 11.0 Å². The molecule has 9 nitrogen and oxygen atoms in total. The van der Waals surface area contributed by atoms with Gasteiger partial charge in [-0.3, -0.25) is 29.8 Å². The first kappa shape index (κ1) is 28.7. The molecule has 0 spiro atoms. The summed E-state index contributed by atoms with van der Waals surface area (Å²) < 4.78 is 0. The number of aryl methyl sites for hydroxylation is 1. The third-order valence-corrected chi connectivity index (χ3v) is 8.53. The molecule has 0 radical (unpaired) electrons. The second-order valence-corrected chi connectivity index (χ2v) is 11.6. The number of nitrogens with one attached hydrogen (secondary N) is 2. The largest absolute Gasteiger partial charge is 0.365 e. The maximum atomic E-state index is 12.6. The minimum Gasteiger partial charge on any atom is -0.365 e. The Morgan fingerprint density at radius 2 is 1.80 bits per heavy atom. The molecule has 41 heavy (non-hydrogen) atoms. The number of primary amides is 1. The summed E-state index contributed by atoms with van der Waals surface area (Å²) in [5.41, 5.74) is 10.4. The SMILES string of the molecule is NC(=O)c1c(NC(=O)Nc2ccc(Cl)cc2)sc2c1CCN(CCCCC(=O)CCc1cccc3nccnc13)C2. The fourth-order valence-corrected chi connectivity index (χ4v) is 6.52. The fourth-order valence-electron chi connectivity index (χ4n) is 5.11.